The number of hydrogen-bond donors (Lipinski definition) is 4. The first-order chi connectivity index (χ1) is 14.5. The minimum atomic E-state index is -0.259. The number of anilines is 1. The highest BCUT2D eigenvalue weighted by atomic mass is 16.2. The molecule has 0 aromatic heterocycles. The summed E-state index contributed by atoms with van der Waals surface area (Å²) in [4.78, 5) is 37.5. The fourth-order valence-electron chi connectivity index (χ4n) is 3.76. The molecular formula is C23H29N4O3+. The number of para-hydroxylation sites is 1. The van der Waals surface area contributed by atoms with E-state index in [0.29, 0.717) is 37.2 Å². The molecule has 2 aromatic carbocycles. The van der Waals surface area contributed by atoms with Crippen LogP contribution in [-0.4, -0.2) is 43.9 Å². The standard InChI is InChI=1S/C23H28N4O3/c24-22(29)18-11-14-27(15-12-18)16-21(28)26-20-9-5-4-8-19(20)23(30)25-13-10-17-6-2-1-3-7-17/h1-9,18H,10-16H2,(H2,24,29)(H,25,30)(H,26,28)/p+1. The summed E-state index contributed by atoms with van der Waals surface area (Å²) in [5.74, 6) is -0.702. The molecule has 0 bridgehead atoms. The van der Waals surface area contributed by atoms with Crippen molar-refractivity contribution >= 4 is 23.4 Å². The minimum Gasteiger partial charge on any atom is -0.369 e. The van der Waals surface area contributed by atoms with Crippen LogP contribution in [0, 0.1) is 5.92 Å². The normalized spacial score (nSPS) is 18.4. The van der Waals surface area contributed by atoms with Gasteiger partial charge in [-0.05, 0) is 24.1 Å². The zero-order valence-electron chi connectivity index (χ0n) is 17.0. The monoisotopic (exact) mass is 409 g/mol. The Morgan fingerprint density at radius 2 is 1.63 bits per heavy atom. The molecule has 2 aromatic rings. The Morgan fingerprint density at radius 1 is 0.967 bits per heavy atom. The number of nitrogens with one attached hydrogen (secondary N) is 3. The maximum absolute atomic E-state index is 12.6. The van der Waals surface area contributed by atoms with Crippen LogP contribution in [0.4, 0.5) is 5.69 Å². The number of nitrogens with two attached hydrogens (primary N) is 1. The van der Waals surface area contributed by atoms with Gasteiger partial charge in [0.2, 0.25) is 5.91 Å². The van der Waals surface area contributed by atoms with Gasteiger partial charge >= 0.3 is 0 Å². The fraction of sp³-hybridized carbons (Fsp3) is 0.348. The van der Waals surface area contributed by atoms with Gasteiger partial charge in [0.25, 0.3) is 11.8 Å². The van der Waals surface area contributed by atoms with Crippen molar-refractivity contribution in [1.29, 1.82) is 0 Å². The van der Waals surface area contributed by atoms with Crippen molar-refractivity contribution in [2.75, 3.05) is 31.5 Å². The molecule has 30 heavy (non-hydrogen) atoms. The number of piperidine rings is 1. The van der Waals surface area contributed by atoms with Crippen LogP contribution in [0.2, 0.25) is 0 Å². The van der Waals surface area contributed by atoms with E-state index in [4.69, 9.17) is 5.73 Å². The third-order valence-electron chi connectivity index (χ3n) is 5.49. The van der Waals surface area contributed by atoms with Crippen molar-refractivity contribution in [3.05, 3.63) is 65.7 Å². The van der Waals surface area contributed by atoms with Gasteiger partial charge in [-0.25, -0.2) is 0 Å². The third kappa shape index (κ3) is 6.15. The highest BCUT2D eigenvalue weighted by Crippen LogP contribution is 2.15. The second-order valence-corrected chi connectivity index (χ2v) is 7.69. The molecule has 0 spiro atoms. The first kappa shape index (κ1) is 21.5. The fourth-order valence-corrected chi connectivity index (χ4v) is 3.76. The van der Waals surface area contributed by atoms with Gasteiger partial charge < -0.3 is 21.3 Å². The van der Waals surface area contributed by atoms with Crippen LogP contribution >= 0.6 is 0 Å². The number of rotatable bonds is 8. The highest BCUT2D eigenvalue weighted by molar-refractivity contribution is 6.03. The molecule has 1 aliphatic rings. The maximum atomic E-state index is 12.6. The van der Waals surface area contributed by atoms with Crippen molar-refractivity contribution in [3.63, 3.8) is 0 Å². The zero-order valence-corrected chi connectivity index (χ0v) is 17.0. The molecule has 0 radical (unpaired) electrons. The van der Waals surface area contributed by atoms with Gasteiger partial charge in [0, 0.05) is 25.3 Å². The molecule has 0 saturated carbocycles. The van der Waals surface area contributed by atoms with E-state index < -0.39 is 0 Å². The largest absolute Gasteiger partial charge is 0.369 e. The summed E-state index contributed by atoms with van der Waals surface area (Å²) in [7, 11) is 0. The molecular weight excluding hydrogens is 380 g/mol. The van der Waals surface area contributed by atoms with Gasteiger partial charge in [-0.1, -0.05) is 42.5 Å². The van der Waals surface area contributed by atoms with Crippen LogP contribution in [-0.2, 0) is 16.0 Å². The van der Waals surface area contributed by atoms with Crippen LogP contribution in [0.5, 0.6) is 0 Å². The second-order valence-electron chi connectivity index (χ2n) is 7.69. The Labute approximate surface area is 176 Å². The first-order valence-corrected chi connectivity index (χ1v) is 10.4. The molecule has 0 unspecified atom stereocenters. The van der Waals surface area contributed by atoms with Crippen LogP contribution in [0.15, 0.2) is 54.6 Å². The summed E-state index contributed by atoms with van der Waals surface area (Å²) in [5, 5.41) is 5.79. The topological polar surface area (TPSA) is 106 Å². The Bertz CT molecular complexity index is 877. The summed E-state index contributed by atoms with van der Waals surface area (Å²) in [5.41, 5.74) is 7.47. The predicted octanol–water partition coefficient (Wildman–Crippen LogP) is 0.378. The van der Waals surface area contributed by atoms with Crippen molar-refractivity contribution in [2.24, 2.45) is 11.7 Å². The lowest BCUT2D eigenvalue weighted by Gasteiger charge is -2.27. The van der Waals surface area contributed by atoms with E-state index in [1.54, 1.807) is 24.3 Å². The number of amides is 3. The molecule has 1 heterocycles. The SMILES string of the molecule is NC(=O)C1CC[NH+](CC(=O)Nc2ccccc2C(=O)NCCc2ccccc2)CC1. The van der Waals surface area contributed by atoms with Crippen LogP contribution < -0.4 is 21.3 Å². The first-order valence-electron chi connectivity index (χ1n) is 10.4. The molecule has 0 atom stereocenters. The molecule has 0 aliphatic carbocycles. The summed E-state index contributed by atoms with van der Waals surface area (Å²) in [6.07, 6.45) is 2.16. The molecule has 158 valence electrons. The zero-order chi connectivity index (χ0) is 21.3. The Kier molecular flexibility index (Phi) is 7.57. The lowest BCUT2D eigenvalue weighted by Crippen LogP contribution is -3.14. The van der Waals surface area contributed by atoms with Crippen LogP contribution in [0.25, 0.3) is 0 Å². The van der Waals surface area contributed by atoms with E-state index in [1.165, 1.54) is 0 Å². The molecule has 1 aliphatic heterocycles. The molecule has 7 heteroatoms. The summed E-state index contributed by atoms with van der Waals surface area (Å²) in [6, 6.07) is 17.0. The number of hydrogen-bond acceptors (Lipinski definition) is 3. The van der Waals surface area contributed by atoms with Crippen LogP contribution in [0.3, 0.4) is 0 Å². The van der Waals surface area contributed by atoms with Gasteiger partial charge in [-0.15, -0.1) is 0 Å². The molecule has 1 saturated heterocycles. The van der Waals surface area contributed by atoms with Gasteiger partial charge in [0.1, 0.15) is 0 Å². The molecule has 1 fully saturated rings. The summed E-state index contributed by atoms with van der Waals surface area (Å²) >= 11 is 0. The number of carbonyl (C=O) groups is 3. The number of benzene rings is 2. The van der Waals surface area contributed by atoms with E-state index >= 15 is 0 Å². The molecule has 3 amide bonds. The quantitative estimate of drug-likeness (QED) is 0.506. The van der Waals surface area contributed by atoms with Gasteiger partial charge in [0.05, 0.1) is 24.3 Å². The summed E-state index contributed by atoms with van der Waals surface area (Å²) < 4.78 is 0. The Balaban J connectivity index is 1.51. The number of carbonyl (C=O) groups excluding carboxylic acids is 3. The summed E-state index contributed by atoms with van der Waals surface area (Å²) in [6.45, 7) is 2.30. The highest BCUT2D eigenvalue weighted by Gasteiger charge is 2.27. The average molecular weight is 410 g/mol. The number of likely N-dealkylation sites (tertiary alicyclic amines) is 1. The lowest BCUT2D eigenvalue weighted by atomic mass is 9.96. The van der Waals surface area contributed by atoms with E-state index in [1.807, 2.05) is 30.3 Å². The Morgan fingerprint density at radius 3 is 2.33 bits per heavy atom. The van der Waals surface area contributed by atoms with E-state index in [9.17, 15) is 14.4 Å². The minimum absolute atomic E-state index is 0.0860. The Hall–Kier alpha value is -3.19. The smallest absolute Gasteiger partial charge is 0.279 e. The van der Waals surface area contributed by atoms with Crippen molar-refractivity contribution in [1.82, 2.24) is 5.32 Å². The van der Waals surface area contributed by atoms with Crippen molar-refractivity contribution in [3.8, 4) is 0 Å². The average Bonchev–Trinajstić information content (AvgIpc) is 2.75. The predicted molar refractivity (Wildman–Crippen MR) is 115 cm³/mol. The van der Waals surface area contributed by atoms with E-state index in [0.717, 1.165) is 30.0 Å². The lowest BCUT2D eigenvalue weighted by molar-refractivity contribution is -0.897. The van der Waals surface area contributed by atoms with Crippen molar-refractivity contribution < 1.29 is 19.3 Å². The van der Waals surface area contributed by atoms with Crippen LogP contribution in [0.1, 0.15) is 28.8 Å². The number of quaternary nitrogens is 1. The number of primary amides is 1. The molecule has 3 rings (SSSR count). The van der Waals surface area contributed by atoms with E-state index in [-0.39, 0.29) is 23.6 Å². The van der Waals surface area contributed by atoms with Gasteiger partial charge in [-0.2, -0.15) is 0 Å². The second kappa shape index (κ2) is 10.5. The maximum Gasteiger partial charge on any atom is 0.279 e. The molecule has 5 N–H and O–H groups in total. The van der Waals surface area contributed by atoms with Gasteiger partial charge in [0.15, 0.2) is 6.54 Å². The molecule has 7 nitrogen and oxygen atoms in total. The third-order valence-corrected chi connectivity index (χ3v) is 5.49. The van der Waals surface area contributed by atoms with Gasteiger partial charge in [-0.3, -0.25) is 14.4 Å². The van der Waals surface area contributed by atoms with E-state index in [2.05, 4.69) is 10.6 Å². The van der Waals surface area contributed by atoms with Crippen molar-refractivity contribution in [2.45, 2.75) is 19.3 Å².